The molecule has 12 rings (SSSR count). The molecule has 0 fully saturated rings. The second-order valence-electron chi connectivity index (χ2n) is 13.2. The van der Waals surface area contributed by atoms with Crippen LogP contribution in [0.5, 0.6) is 0 Å². The molecule has 12 aromatic rings. The van der Waals surface area contributed by atoms with Crippen molar-refractivity contribution in [3.05, 3.63) is 216 Å². The molecule has 9 heteroatoms. The number of hydrogen-bond acceptors (Lipinski definition) is 8. The first-order chi connectivity index (χ1) is 29.8. The minimum atomic E-state index is 0. The van der Waals surface area contributed by atoms with Crippen molar-refractivity contribution in [3.63, 3.8) is 0 Å². The average Bonchev–Trinajstić information content (AvgIpc) is 4.19. The zero-order valence-corrected chi connectivity index (χ0v) is 38.0. The van der Waals surface area contributed by atoms with Crippen LogP contribution in [0.25, 0.3) is 85.4 Å². The molecule has 0 atom stereocenters. The van der Waals surface area contributed by atoms with Crippen LogP contribution in [0.15, 0.2) is 198 Å². The van der Waals surface area contributed by atoms with Crippen LogP contribution in [-0.2, 0) is 20.1 Å². The summed E-state index contributed by atoms with van der Waals surface area (Å²) in [7, 11) is 0. The minimum Gasteiger partial charge on any atom is -0.318 e. The van der Waals surface area contributed by atoms with Crippen LogP contribution in [-0.4, -0.2) is 19.9 Å². The summed E-state index contributed by atoms with van der Waals surface area (Å²) in [6.45, 7) is 0. The number of benzene rings is 4. The van der Waals surface area contributed by atoms with Gasteiger partial charge in [0, 0.05) is 30.2 Å². The summed E-state index contributed by atoms with van der Waals surface area (Å²) in [5.74, 6) is 0. The maximum absolute atomic E-state index is 4.46. The number of fused-ring (bicyclic) bond motifs is 4. The number of nitrogens with zero attached hydrogens (tertiary/aromatic N) is 4. The van der Waals surface area contributed by atoms with Gasteiger partial charge in [0.25, 0.3) is 0 Å². The SMILES string of the molecule is [Ir+3].[c-]1ccsc1-c1nccc2ccccc12.[c-]1ccsc1-c1nccc2ccccc12.[c-]1ccsc1-c1nccc2ccccc12.c1csc(-c2nccc3ccccc23)c1. The minimum absolute atomic E-state index is 0. The molecule has 294 valence electrons. The molecule has 0 unspecified atom stereocenters. The van der Waals surface area contributed by atoms with E-state index < -0.39 is 0 Å². The molecular formula is C52H33IrN4S4. The van der Waals surface area contributed by atoms with E-state index in [4.69, 9.17) is 0 Å². The first kappa shape index (κ1) is 41.7. The van der Waals surface area contributed by atoms with Crippen molar-refractivity contribution in [1.82, 2.24) is 19.9 Å². The molecule has 0 N–H and O–H groups in total. The maximum atomic E-state index is 4.46. The van der Waals surface area contributed by atoms with Gasteiger partial charge < -0.3 is 15.0 Å². The Kier molecular flexibility index (Phi) is 14.0. The van der Waals surface area contributed by atoms with Crippen molar-refractivity contribution in [2.45, 2.75) is 0 Å². The quantitative estimate of drug-likeness (QED) is 0.165. The van der Waals surface area contributed by atoms with Crippen molar-refractivity contribution in [1.29, 1.82) is 0 Å². The topological polar surface area (TPSA) is 51.6 Å². The summed E-state index contributed by atoms with van der Waals surface area (Å²) < 4.78 is 0. The third kappa shape index (κ3) is 9.80. The summed E-state index contributed by atoms with van der Waals surface area (Å²) >= 11 is 6.75. The van der Waals surface area contributed by atoms with Crippen molar-refractivity contribution in [2.75, 3.05) is 0 Å². The van der Waals surface area contributed by atoms with E-state index in [1.54, 1.807) is 45.3 Å². The molecule has 0 amide bonds. The molecule has 8 aromatic heterocycles. The van der Waals surface area contributed by atoms with E-state index in [1.165, 1.54) is 48.0 Å². The predicted octanol–water partition coefficient (Wildman–Crippen LogP) is 15.3. The molecule has 4 nitrogen and oxygen atoms in total. The van der Waals surface area contributed by atoms with Crippen molar-refractivity contribution < 1.29 is 20.1 Å². The van der Waals surface area contributed by atoms with E-state index in [-0.39, 0.29) is 20.1 Å². The summed E-state index contributed by atoms with van der Waals surface area (Å²) in [6.07, 6.45) is 7.43. The van der Waals surface area contributed by atoms with Gasteiger partial charge in [-0.25, -0.2) is 34.0 Å². The van der Waals surface area contributed by atoms with Crippen molar-refractivity contribution >= 4 is 88.4 Å². The number of pyridine rings is 4. The fraction of sp³-hybridized carbons (Fsp3) is 0. The fourth-order valence-electron chi connectivity index (χ4n) is 6.74. The molecule has 4 aromatic carbocycles. The van der Waals surface area contributed by atoms with E-state index >= 15 is 0 Å². The van der Waals surface area contributed by atoms with Gasteiger partial charge in [-0.1, -0.05) is 118 Å². The summed E-state index contributed by atoms with van der Waals surface area (Å²) in [5, 5.41) is 17.9. The molecule has 0 spiro atoms. The van der Waals surface area contributed by atoms with Crippen LogP contribution in [0.4, 0.5) is 0 Å². The molecule has 0 bridgehead atoms. The van der Waals surface area contributed by atoms with Crippen LogP contribution in [0.2, 0.25) is 0 Å². The Labute approximate surface area is 383 Å². The summed E-state index contributed by atoms with van der Waals surface area (Å²) in [4.78, 5) is 22.3. The van der Waals surface area contributed by atoms with E-state index in [1.807, 2.05) is 120 Å². The van der Waals surface area contributed by atoms with Gasteiger partial charge in [0.2, 0.25) is 0 Å². The van der Waals surface area contributed by atoms with Crippen LogP contribution in [0.1, 0.15) is 0 Å². The maximum Gasteiger partial charge on any atom is 3.00 e. The zero-order chi connectivity index (χ0) is 40.4. The number of thiophene rings is 4. The van der Waals surface area contributed by atoms with E-state index in [0.717, 1.165) is 37.4 Å². The first-order valence-electron chi connectivity index (χ1n) is 19.1. The summed E-state index contributed by atoms with van der Waals surface area (Å²) in [6, 6.07) is 61.0. The van der Waals surface area contributed by atoms with Crippen molar-refractivity contribution in [3.8, 4) is 42.3 Å². The molecule has 0 aliphatic rings. The van der Waals surface area contributed by atoms with Crippen LogP contribution in [0, 0.1) is 18.2 Å². The van der Waals surface area contributed by atoms with Gasteiger partial charge in [-0.05, 0) is 90.5 Å². The molecule has 0 aliphatic carbocycles. The van der Waals surface area contributed by atoms with Gasteiger partial charge in [-0.15, -0.1) is 27.5 Å². The van der Waals surface area contributed by atoms with Gasteiger partial charge in [0.15, 0.2) is 0 Å². The van der Waals surface area contributed by atoms with Crippen molar-refractivity contribution in [2.24, 2.45) is 0 Å². The molecule has 0 aliphatic heterocycles. The van der Waals surface area contributed by atoms with Gasteiger partial charge in [-0.3, -0.25) is 4.98 Å². The normalized spacial score (nSPS) is 10.5. The van der Waals surface area contributed by atoms with E-state index in [0.29, 0.717) is 0 Å². The third-order valence-corrected chi connectivity index (χ3v) is 12.8. The Morgan fingerprint density at radius 2 is 0.639 bits per heavy atom. The molecule has 0 saturated heterocycles. The Morgan fingerprint density at radius 1 is 0.311 bits per heavy atom. The standard InChI is InChI=1S/C13H9NS.3C13H8NS.Ir/c4*1-2-5-11-10(4-1)7-8-14-13(11)12-6-3-9-15-12;/h1-9H;3*1-5,7-9H;/q;3*-1;+3. The second-order valence-corrected chi connectivity index (χ2v) is 16.9. The van der Waals surface area contributed by atoms with Gasteiger partial charge >= 0.3 is 20.1 Å². The molecule has 8 heterocycles. The fourth-order valence-corrected chi connectivity index (χ4v) is 9.52. The van der Waals surface area contributed by atoms with E-state index in [9.17, 15) is 0 Å². The second kappa shape index (κ2) is 20.5. The number of aromatic nitrogens is 4. The van der Waals surface area contributed by atoms with Gasteiger partial charge in [-0.2, -0.15) is 36.4 Å². The number of rotatable bonds is 4. The van der Waals surface area contributed by atoms with Crippen LogP contribution >= 0.6 is 45.3 Å². The Morgan fingerprint density at radius 3 is 0.951 bits per heavy atom. The Bertz CT molecular complexity index is 2760. The first-order valence-corrected chi connectivity index (χ1v) is 22.6. The average molecular weight is 1030 g/mol. The Balaban J connectivity index is 0.000000112. The third-order valence-electron chi connectivity index (χ3n) is 9.50. The van der Waals surface area contributed by atoms with Gasteiger partial charge in [0.05, 0.1) is 10.6 Å². The van der Waals surface area contributed by atoms with Crippen LogP contribution < -0.4 is 0 Å². The smallest absolute Gasteiger partial charge is 0.318 e. The molecule has 0 saturated carbocycles. The molecular weight excluding hydrogens is 1000 g/mol. The molecule has 0 radical (unpaired) electrons. The predicted molar refractivity (Wildman–Crippen MR) is 257 cm³/mol. The zero-order valence-electron chi connectivity index (χ0n) is 32.3. The summed E-state index contributed by atoms with van der Waals surface area (Å²) in [5.41, 5.74) is 4.18. The van der Waals surface area contributed by atoms with Gasteiger partial charge in [0.1, 0.15) is 0 Å². The van der Waals surface area contributed by atoms with Crippen LogP contribution in [0.3, 0.4) is 0 Å². The number of hydrogen-bond donors (Lipinski definition) is 0. The molecule has 61 heavy (non-hydrogen) atoms. The largest absolute Gasteiger partial charge is 3.00 e. The monoisotopic (exact) mass is 1030 g/mol. The Hall–Kier alpha value is -6.03. The van der Waals surface area contributed by atoms with E-state index in [2.05, 4.69) is 116 Å².